The second kappa shape index (κ2) is 8.01. The van der Waals surface area contributed by atoms with Gasteiger partial charge in [0.1, 0.15) is 0 Å². The van der Waals surface area contributed by atoms with Gasteiger partial charge >= 0.3 is 11.4 Å². The Bertz CT molecular complexity index is 770. The van der Waals surface area contributed by atoms with E-state index in [1.165, 1.54) is 0 Å². The fraction of sp³-hybridized carbons (Fsp3) is 0.500. The average molecular weight is 373 g/mol. The molecule has 0 atom stereocenters. The van der Waals surface area contributed by atoms with Crippen LogP contribution in [0.5, 0.6) is 0 Å². The molecule has 0 heterocycles. The summed E-state index contributed by atoms with van der Waals surface area (Å²) in [6, 6.07) is 1.50. The predicted molar refractivity (Wildman–Crippen MR) is 90.4 cm³/mol. The van der Waals surface area contributed by atoms with E-state index in [1.807, 2.05) is 0 Å². The lowest BCUT2D eigenvalue weighted by Gasteiger charge is -2.22. The number of hydrogen-bond donors (Lipinski definition) is 0. The Kier molecular flexibility index (Phi) is 6.56. The van der Waals surface area contributed by atoms with Gasteiger partial charge < -0.3 is 4.90 Å². The molecular formula is C14H19N3O7S. The molecule has 0 aromatic heterocycles. The van der Waals surface area contributed by atoms with Gasteiger partial charge in [0.25, 0.3) is 0 Å². The van der Waals surface area contributed by atoms with E-state index in [1.54, 1.807) is 13.8 Å². The van der Waals surface area contributed by atoms with Gasteiger partial charge in [-0.25, -0.2) is 8.42 Å². The molecule has 0 saturated carbocycles. The van der Waals surface area contributed by atoms with E-state index < -0.39 is 47.5 Å². The van der Waals surface area contributed by atoms with Crippen LogP contribution in [0.25, 0.3) is 0 Å². The first-order chi connectivity index (χ1) is 11.5. The number of nitro benzene ring substituents is 2. The third kappa shape index (κ3) is 4.72. The molecule has 0 saturated heterocycles. The summed E-state index contributed by atoms with van der Waals surface area (Å²) >= 11 is 0. The van der Waals surface area contributed by atoms with Gasteiger partial charge in [-0.05, 0) is 12.8 Å². The summed E-state index contributed by atoms with van der Waals surface area (Å²) in [6.07, 6.45) is 1.73. The maximum absolute atomic E-state index is 12.3. The van der Waals surface area contributed by atoms with Crippen LogP contribution in [0, 0.1) is 20.2 Å². The highest BCUT2D eigenvalue weighted by molar-refractivity contribution is 7.90. The number of nitro groups is 2. The van der Waals surface area contributed by atoms with Crippen molar-refractivity contribution < 1.29 is 23.1 Å². The van der Waals surface area contributed by atoms with E-state index in [9.17, 15) is 33.4 Å². The van der Waals surface area contributed by atoms with Crippen LogP contribution in [0.15, 0.2) is 17.0 Å². The van der Waals surface area contributed by atoms with Crippen molar-refractivity contribution in [3.63, 3.8) is 0 Å². The molecule has 25 heavy (non-hydrogen) atoms. The van der Waals surface area contributed by atoms with E-state index in [4.69, 9.17) is 0 Å². The summed E-state index contributed by atoms with van der Waals surface area (Å²) in [6.45, 7) is 3.49. The molecule has 0 radical (unpaired) electrons. The van der Waals surface area contributed by atoms with Crippen molar-refractivity contribution in [3.05, 3.63) is 32.4 Å². The zero-order valence-electron chi connectivity index (χ0n) is 14.1. The molecule has 10 nitrogen and oxygen atoms in total. The summed E-state index contributed by atoms with van der Waals surface area (Å²) in [5, 5.41) is 22.8. The Labute approximate surface area is 144 Å². The molecule has 0 unspecified atom stereocenters. The highest BCUT2D eigenvalue weighted by atomic mass is 32.2. The number of carbonyl (C=O) groups is 1. The highest BCUT2D eigenvalue weighted by Gasteiger charge is 2.35. The van der Waals surface area contributed by atoms with Crippen LogP contribution < -0.4 is 4.90 Å². The van der Waals surface area contributed by atoms with Crippen LogP contribution in [-0.4, -0.2) is 37.0 Å². The summed E-state index contributed by atoms with van der Waals surface area (Å²) in [5.41, 5.74) is -2.05. The van der Waals surface area contributed by atoms with Gasteiger partial charge in [0, 0.05) is 31.4 Å². The summed E-state index contributed by atoms with van der Waals surface area (Å²) in [4.78, 5) is 33.8. The Morgan fingerprint density at radius 3 is 1.88 bits per heavy atom. The molecule has 0 spiro atoms. The molecule has 1 aromatic carbocycles. The first kappa shape index (κ1) is 20.5. The number of hydrogen-bond acceptors (Lipinski definition) is 7. The Morgan fingerprint density at radius 2 is 1.56 bits per heavy atom. The molecule has 11 heteroatoms. The number of sulfone groups is 1. The van der Waals surface area contributed by atoms with Crippen LogP contribution in [0.4, 0.5) is 17.1 Å². The molecule has 0 N–H and O–H groups in total. The molecule has 0 bridgehead atoms. The number of nitrogens with zero attached hydrogens (tertiary/aromatic N) is 3. The molecule has 0 aliphatic heterocycles. The normalized spacial score (nSPS) is 11.2. The van der Waals surface area contributed by atoms with Gasteiger partial charge in [-0.15, -0.1) is 0 Å². The largest absolute Gasteiger partial charge is 0.301 e. The van der Waals surface area contributed by atoms with E-state index in [2.05, 4.69) is 0 Å². The Balaban J connectivity index is 3.84. The highest BCUT2D eigenvalue weighted by Crippen LogP contribution is 2.40. The molecule has 0 aliphatic carbocycles. The molecule has 0 fully saturated rings. The number of benzene rings is 1. The van der Waals surface area contributed by atoms with Crippen LogP contribution in [-0.2, 0) is 14.6 Å². The van der Waals surface area contributed by atoms with Crippen molar-refractivity contribution in [1.82, 2.24) is 0 Å². The van der Waals surface area contributed by atoms with Gasteiger partial charge in [-0.1, -0.05) is 13.8 Å². The van der Waals surface area contributed by atoms with Crippen molar-refractivity contribution in [2.45, 2.75) is 38.0 Å². The SMILES string of the molecule is CCCC(=O)N(CCC)c1c([N+](=O)[O-])cc(S(C)(=O)=O)cc1[N+](=O)[O-]. The molecule has 1 rings (SSSR count). The van der Waals surface area contributed by atoms with Gasteiger partial charge in [0.15, 0.2) is 9.84 Å². The van der Waals surface area contributed by atoms with Crippen molar-refractivity contribution in [2.75, 3.05) is 17.7 Å². The minimum atomic E-state index is -3.91. The summed E-state index contributed by atoms with van der Waals surface area (Å²) < 4.78 is 23.4. The van der Waals surface area contributed by atoms with Gasteiger partial charge in [-0.3, -0.25) is 25.0 Å². The maximum atomic E-state index is 12.3. The molecule has 1 amide bonds. The second-order valence-corrected chi connectivity index (χ2v) is 7.41. The topological polar surface area (TPSA) is 141 Å². The lowest BCUT2D eigenvalue weighted by Crippen LogP contribution is -2.32. The van der Waals surface area contributed by atoms with Crippen molar-refractivity contribution in [2.24, 2.45) is 0 Å². The van der Waals surface area contributed by atoms with Gasteiger partial charge in [0.05, 0.1) is 14.7 Å². The van der Waals surface area contributed by atoms with Crippen LogP contribution in [0.1, 0.15) is 33.1 Å². The Morgan fingerprint density at radius 1 is 1.08 bits per heavy atom. The predicted octanol–water partition coefficient (Wildman–Crippen LogP) is 2.45. The zero-order chi connectivity index (χ0) is 19.4. The minimum absolute atomic E-state index is 0.0404. The fourth-order valence-corrected chi connectivity index (χ4v) is 2.93. The zero-order valence-corrected chi connectivity index (χ0v) is 14.9. The number of amides is 1. The van der Waals surface area contributed by atoms with E-state index in [0.29, 0.717) is 12.8 Å². The minimum Gasteiger partial charge on any atom is -0.301 e. The van der Waals surface area contributed by atoms with Gasteiger partial charge in [-0.2, -0.15) is 0 Å². The molecule has 1 aromatic rings. The lowest BCUT2D eigenvalue weighted by molar-refractivity contribution is -0.393. The van der Waals surface area contributed by atoms with Crippen molar-refractivity contribution in [3.8, 4) is 0 Å². The smallest absolute Gasteiger partial charge is 0.301 e. The van der Waals surface area contributed by atoms with E-state index in [-0.39, 0.29) is 13.0 Å². The van der Waals surface area contributed by atoms with E-state index in [0.717, 1.165) is 23.3 Å². The standard InChI is InChI=1S/C14H19N3O7S/c1-4-6-13(18)15(7-5-2)14-11(16(19)20)8-10(25(3,23)24)9-12(14)17(21)22/h8-9H,4-7H2,1-3H3. The van der Waals surface area contributed by atoms with E-state index >= 15 is 0 Å². The van der Waals surface area contributed by atoms with Crippen LogP contribution in [0.3, 0.4) is 0 Å². The second-order valence-electron chi connectivity index (χ2n) is 5.39. The fourth-order valence-electron chi connectivity index (χ4n) is 2.28. The van der Waals surface area contributed by atoms with Gasteiger partial charge in [0.2, 0.25) is 11.6 Å². The Hall–Kier alpha value is -2.56. The first-order valence-electron chi connectivity index (χ1n) is 7.51. The number of rotatable bonds is 8. The third-order valence-electron chi connectivity index (χ3n) is 3.35. The molecule has 0 aliphatic rings. The quantitative estimate of drug-likeness (QED) is 0.503. The molecule has 138 valence electrons. The number of carbonyl (C=O) groups excluding carboxylic acids is 1. The third-order valence-corrected chi connectivity index (χ3v) is 4.44. The van der Waals surface area contributed by atoms with Crippen LogP contribution >= 0.6 is 0 Å². The van der Waals surface area contributed by atoms with Crippen LogP contribution in [0.2, 0.25) is 0 Å². The first-order valence-corrected chi connectivity index (χ1v) is 9.40. The molecular weight excluding hydrogens is 354 g/mol. The number of anilines is 1. The summed E-state index contributed by atoms with van der Waals surface area (Å²) in [7, 11) is -3.91. The monoisotopic (exact) mass is 373 g/mol. The van der Waals surface area contributed by atoms with Crippen molar-refractivity contribution >= 4 is 32.8 Å². The maximum Gasteiger partial charge on any atom is 0.301 e. The summed E-state index contributed by atoms with van der Waals surface area (Å²) in [5.74, 6) is -0.498. The average Bonchev–Trinajstić information content (AvgIpc) is 2.50. The van der Waals surface area contributed by atoms with Crippen molar-refractivity contribution in [1.29, 1.82) is 0 Å². The lowest BCUT2D eigenvalue weighted by atomic mass is 10.1.